The van der Waals surface area contributed by atoms with Crippen LogP contribution >= 0.6 is 0 Å². The molecule has 0 heterocycles. The molecule has 0 spiro atoms. The number of rotatable bonds is 2. The Bertz CT molecular complexity index is 135. The molecule has 1 saturated carbocycles. The van der Waals surface area contributed by atoms with E-state index in [0.717, 1.165) is 24.5 Å². The third-order valence-electron chi connectivity index (χ3n) is 2.10. The van der Waals surface area contributed by atoms with Gasteiger partial charge in [-0.15, -0.1) is 0 Å². The molecule has 1 N–H and O–H groups in total. The van der Waals surface area contributed by atoms with Crippen molar-refractivity contribution in [1.82, 2.24) is 0 Å². The molecule has 1 fully saturated rings. The summed E-state index contributed by atoms with van der Waals surface area (Å²) in [7, 11) is 0. The monoisotopic (exact) mass is 157 g/mol. The highest BCUT2D eigenvalue weighted by Gasteiger charge is 2.13. The summed E-state index contributed by atoms with van der Waals surface area (Å²) >= 11 is 0. The molecular weight excluding hydrogens is 142 g/mol. The van der Waals surface area contributed by atoms with Crippen LogP contribution in [-0.4, -0.2) is 17.6 Å². The molecule has 64 valence electrons. The minimum absolute atomic E-state index is 0.306. The van der Waals surface area contributed by atoms with Gasteiger partial charge in [0.1, 0.15) is 0 Å². The highest BCUT2D eigenvalue weighted by Crippen LogP contribution is 2.21. The molecule has 11 heavy (non-hydrogen) atoms. The first-order chi connectivity index (χ1) is 5.33. The fourth-order valence-electron chi connectivity index (χ4n) is 1.31. The lowest BCUT2D eigenvalue weighted by atomic mass is 9.90. The van der Waals surface area contributed by atoms with E-state index in [4.69, 9.17) is 5.11 Å². The van der Waals surface area contributed by atoms with Crippen molar-refractivity contribution in [3.05, 3.63) is 0 Å². The van der Waals surface area contributed by atoms with Gasteiger partial charge in [0.25, 0.3) is 0 Å². The van der Waals surface area contributed by atoms with Crippen LogP contribution in [0.5, 0.6) is 0 Å². The summed E-state index contributed by atoms with van der Waals surface area (Å²) in [6.45, 7) is 1.95. The van der Waals surface area contributed by atoms with E-state index in [1.807, 2.05) is 0 Å². The summed E-state index contributed by atoms with van der Waals surface area (Å²) < 4.78 is 0. The predicted octanol–water partition coefficient (Wildman–Crippen LogP) is 1.52. The van der Waals surface area contributed by atoms with Crippen LogP contribution in [0.2, 0.25) is 0 Å². The minimum Gasteiger partial charge on any atom is -0.367 e. The Kier molecular flexibility index (Phi) is 3.36. The van der Waals surface area contributed by atoms with Crippen molar-refractivity contribution in [2.45, 2.75) is 32.6 Å². The molecule has 0 amide bonds. The number of nitrogens with zero attached hydrogens (tertiary/aromatic N) is 1. The lowest BCUT2D eigenvalue weighted by molar-refractivity contribution is 0.000969. The topological polar surface area (TPSA) is 41.8 Å². The van der Waals surface area contributed by atoms with Gasteiger partial charge in [0, 0.05) is 0 Å². The van der Waals surface area contributed by atoms with Crippen LogP contribution in [-0.2, 0) is 4.84 Å². The van der Waals surface area contributed by atoms with E-state index in [1.54, 1.807) is 0 Å². The molecule has 1 aliphatic rings. The zero-order valence-electron chi connectivity index (χ0n) is 6.92. The van der Waals surface area contributed by atoms with Gasteiger partial charge in [-0.1, -0.05) is 12.1 Å². The summed E-state index contributed by atoms with van der Waals surface area (Å²) in [5.74, 6) is 0.822. The highest BCUT2D eigenvalue weighted by molar-refractivity contribution is 5.84. The molecule has 0 atom stereocenters. The molecule has 0 aromatic rings. The SMILES string of the molecule is CC1CCC(=NOCO)CC1. The molecule has 0 bridgehead atoms. The average molecular weight is 157 g/mol. The van der Waals surface area contributed by atoms with E-state index in [0.29, 0.717) is 0 Å². The molecule has 3 heteroatoms. The fourth-order valence-corrected chi connectivity index (χ4v) is 1.31. The van der Waals surface area contributed by atoms with E-state index >= 15 is 0 Å². The second kappa shape index (κ2) is 4.34. The van der Waals surface area contributed by atoms with Gasteiger partial charge >= 0.3 is 0 Å². The zero-order chi connectivity index (χ0) is 8.10. The molecule has 0 radical (unpaired) electrons. The lowest BCUT2D eigenvalue weighted by Crippen LogP contribution is -2.12. The zero-order valence-corrected chi connectivity index (χ0v) is 6.92. The van der Waals surface area contributed by atoms with Crippen molar-refractivity contribution in [2.24, 2.45) is 11.1 Å². The number of oxime groups is 1. The molecule has 0 aliphatic heterocycles. The molecule has 1 rings (SSSR count). The molecule has 1 aliphatic carbocycles. The van der Waals surface area contributed by atoms with Gasteiger partial charge in [-0.05, 0) is 31.6 Å². The van der Waals surface area contributed by atoms with Crippen molar-refractivity contribution in [3.63, 3.8) is 0 Å². The molecule has 0 aromatic heterocycles. The lowest BCUT2D eigenvalue weighted by Gasteiger charge is -2.17. The Labute approximate surface area is 67.0 Å². The summed E-state index contributed by atoms with van der Waals surface area (Å²) in [6.07, 6.45) is 4.46. The van der Waals surface area contributed by atoms with E-state index in [2.05, 4.69) is 16.9 Å². The Balaban J connectivity index is 2.26. The van der Waals surface area contributed by atoms with Crippen LogP contribution < -0.4 is 0 Å². The summed E-state index contributed by atoms with van der Waals surface area (Å²) in [4.78, 5) is 4.55. The van der Waals surface area contributed by atoms with Gasteiger partial charge < -0.3 is 9.94 Å². The Morgan fingerprint density at radius 3 is 2.73 bits per heavy atom. The maximum Gasteiger partial charge on any atom is 0.214 e. The third-order valence-corrected chi connectivity index (χ3v) is 2.10. The number of hydrogen-bond acceptors (Lipinski definition) is 3. The Morgan fingerprint density at radius 1 is 1.55 bits per heavy atom. The number of hydrogen-bond donors (Lipinski definition) is 1. The molecule has 0 saturated heterocycles. The van der Waals surface area contributed by atoms with Gasteiger partial charge in [-0.3, -0.25) is 0 Å². The fraction of sp³-hybridized carbons (Fsp3) is 0.875. The van der Waals surface area contributed by atoms with Crippen molar-refractivity contribution in [3.8, 4) is 0 Å². The van der Waals surface area contributed by atoms with Gasteiger partial charge in [-0.2, -0.15) is 0 Å². The van der Waals surface area contributed by atoms with Gasteiger partial charge in [0.05, 0.1) is 5.71 Å². The van der Waals surface area contributed by atoms with Crippen LogP contribution in [0.15, 0.2) is 5.16 Å². The maximum atomic E-state index is 8.32. The van der Waals surface area contributed by atoms with Crippen molar-refractivity contribution >= 4 is 5.71 Å². The summed E-state index contributed by atoms with van der Waals surface area (Å²) in [6, 6.07) is 0. The van der Waals surface area contributed by atoms with E-state index < -0.39 is 0 Å². The van der Waals surface area contributed by atoms with Crippen LogP contribution in [0.25, 0.3) is 0 Å². The smallest absolute Gasteiger partial charge is 0.214 e. The predicted molar refractivity (Wildman–Crippen MR) is 43.2 cm³/mol. The Morgan fingerprint density at radius 2 is 2.18 bits per heavy atom. The van der Waals surface area contributed by atoms with E-state index in [9.17, 15) is 0 Å². The van der Waals surface area contributed by atoms with Crippen LogP contribution in [0, 0.1) is 5.92 Å². The van der Waals surface area contributed by atoms with Crippen LogP contribution in [0.4, 0.5) is 0 Å². The first-order valence-corrected chi connectivity index (χ1v) is 4.11. The van der Waals surface area contributed by atoms with Crippen molar-refractivity contribution in [1.29, 1.82) is 0 Å². The van der Waals surface area contributed by atoms with E-state index in [1.165, 1.54) is 12.8 Å². The summed E-state index contributed by atoms with van der Waals surface area (Å²) in [5, 5.41) is 12.1. The van der Waals surface area contributed by atoms with Crippen molar-refractivity contribution in [2.75, 3.05) is 6.79 Å². The molecule has 0 unspecified atom stereocenters. The first-order valence-electron chi connectivity index (χ1n) is 4.11. The van der Waals surface area contributed by atoms with Crippen molar-refractivity contribution < 1.29 is 9.94 Å². The largest absolute Gasteiger partial charge is 0.367 e. The maximum absolute atomic E-state index is 8.32. The second-order valence-electron chi connectivity index (χ2n) is 3.10. The number of aliphatic hydroxyl groups excluding tert-OH is 1. The van der Waals surface area contributed by atoms with Crippen LogP contribution in [0.1, 0.15) is 32.6 Å². The normalized spacial score (nSPS) is 24.9. The minimum atomic E-state index is -0.306. The standard InChI is InChI=1S/C8H15NO2/c1-7-2-4-8(5-3-7)9-11-6-10/h7,10H,2-6H2,1H3. The Hall–Kier alpha value is -0.570. The van der Waals surface area contributed by atoms with Gasteiger partial charge in [0.2, 0.25) is 6.79 Å². The van der Waals surface area contributed by atoms with Crippen LogP contribution in [0.3, 0.4) is 0 Å². The first kappa shape index (κ1) is 8.53. The van der Waals surface area contributed by atoms with Gasteiger partial charge in [0.15, 0.2) is 0 Å². The molecular formula is C8H15NO2. The number of aliphatic hydroxyl groups is 1. The highest BCUT2D eigenvalue weighted by atomic mass is 16.7. The second-order valence-corrected chi connectivity index (χ2v) is 3.10. The van der Waals surface area contributed by atoms with Gasteiger partial charge in [-0.25, -0.2) is 0 Å². The quantitative estimate of drug-likeness (QED) is 0.487. The average Bonchev–Trinajstić information content (AvgIpc) is 2.04. The summed E-state index contributed by atoms with van der Waals surface area (Å²) in [5.41, 5.74) is 1.09. The molecule has 3 nitrogen and oxygen atoms in total. The third kappa shape index (κ3) is 2.89. The van der Waals surface area contributed by atoms with E-state index in [-0.39, 0.29) is 6.79 Å². The molecule has 0 aromatic carbocycles.